The summed E-state index contributed by atoms with van der Waals surface area (Å²) in [4.78, 5) is 26.8. The lowest BCUT2D eigenvalue weighted by atomic mass is 9.84. The van der Waals surface area contributed by atoms with E-state index in [1.54, 1.807) is 0 Å². The first-order chi connectivity index (χ1) is 9.08. The van der Waals surface area contributed by atoms with Crippen molar-refractivity contribution < 1.29 is 14.7 Å². The Hall–Kier alpha value is -1.14. The summed E-state index contributed by atoms with van der Waals surface area (Å²) in [6.45, 7) is 2.58. The summed E-state index contributed by atoms with van der Waals surface area (Å²) in [5.41, 5.74) is 6.04. The van der Waals surface area contributed by atoms with E-state index in [9.17, 15) is 9.59 Å². The van der Waals surface area contributed by atoms with Crippen molar-refractivity contribution in [3.8, 4) is 0 Å². The number of rotatable bonds is 3. The average molecular weight is 269 g/mol. The van der Waals surface area contributed by atoms with E-state index in [2.05, 4.69) is 0 Å². The van der Waals surface area contributed by atoms with Crippen LogP contribution in [-0.4, -0.2) is 65.5 Å². The molecule has 108 valence electrons. The highest BCUT2D eigenvalue weighted by molar-refractivity contribution is 5.80. The Labute approximate surface area is 113 Å². The first kappa shape index (κ1) is 14.3. The Morgan fingerprint density at radius 3 is 2.32 bits per heavy atom. The molecule has 2 atom stereocenters. The summed E-state index contributed by atoms with van der Waals surface area (Å²) < 4.78 is 0. The Morgan fingerprint density at radius 1 is 1.11 bits per heavy atom. The van der Waals surface area contributed by atoms with E-state index >= 15 is 0 Å². The van der Waals surface area contributed by atoms with E-state index in [0.717, 1.165) is 25.7 Å². The summed E-state index contributed by atoms with van der Waals surface area (Å²) in [6, 6.07) is -0.00157. The van der Waals surface area contributed by atoms with Gasteiger partial charge in [-0.25, -0.2) is 0 Å². The molecular weight excluding hydrogens is 246 g/mol. The summed E-state index contributed by atoms with van der Waals surface area (Å²) in [6.07, 6.45) is 4.05. The second-order valence-corrected chi connectivity index (χ2v) is 5.55. The largest absolute Gasteiger partial charge is 0.480 e. The van der Waals surface area contributed by atoms with Crippen LogP contribution >= 0.6 is 0 Å². The molecule has 0 aromatic carbocycles. The molecule has 2 aliphatic rings. The Bertz CT molecular complexity index is 340. The van der Waals surface area contributed by atoms with Crippen LogP contribution in [0, 0.1) is 5.92 Å². The highest BCUT2D eigenvalue weighted by Gasteiger charge is 2.33. The zero-order valence-electron chi connectivity index (χ0n) is 11.3. The lowest BCUT2D eigenvalue weighted by molar-refractivity contribution is -0.141. The summed E-state index contributed by atoms with van der Waals surface area (Å²) in [7, 11) is 0. The fourth-order valence-corrected chi connectivity index (χ4v) is 3.02. The molecule has 6 heteroatoms. The van der Waals surface area contributed by atoms with Crippen LogP contribution in [0.15, 0.2) is 0 Å². The van der Waals surface area contributed by atoms with Crippen LogP contribution in [0.25, 0.3) is 0 Å². The van der Waals surface area contributed by atoms with E-state index in [0.29, 0.717) is 26.2 Å². The number of hydrogen-bond acceptors (Lipinski definition) is 4. The molecule has 19 heavy (non-hydrogen) atoms. The zero-order chi connectivity index (χ0) is 13.8. The van der Waals surface area contributed by atoms with E-state index in [1.807, 2.05) is 9.80 Å². The third-order valence-corrected chi connectivity index (χ3v) is 4.18. The van der Waals surface area contributed by atoms with Crippen LogP contribution in [0.2, 0.25) is 0 Å². The predicted molar refractivity (Wildman–Crippen MR) is 70.6 cm³/mol. The number of aliphatic carboxylic acids is 1. The van der Waals surface area contributed by atoms with Gasteiger partial charge in [0, 0.05) is 32.2 Å². The van der Waals surface area contributed by atoms with Crippen LogP contribution in [0.3, 0.4) is 0 Å². The summed E-state index contributed by atoms with van der Waals surface area (Å²) >= 11 is 0. The highest BCUT2D eigenvalue weighted by Crippen LogP contribution is 2.25. The van der Waals surface area contributed by atoms with E-state index in [-0.39, 0.29) is 24.4 Å². The SMILES string of the molecule is NC1CCCCC1C(=O)N1CCN(CC(=O)O)CC1. The van der Waals surface area contributed by atoms with Crippen molar-refractivity contribution in [1.82, 2.24) is 9.80 Å². The number of carboxylic acid groups (broad SMARTS) is 1. The van der Waals surface area contributed by atoms with Crippen LogP contribution < -0.4 is 5.73 Å². The average Bonchev–Trinajstić information content (AvgIpc) is 2.39. The maximum absolute atomic E-state index is 12.4. The lowest BCUT2D eigenvalue weighted by Gasteiger charge is -2.38. The molecule has 0 bridgehead atoms. The number of carboxylic acids is 1. The van der Waals surface area contributed by atoms with Gasteiger partial charge < -0.3 is 15.7 Å². The topological polar surface area (TPSA) is 86.9 Å². The molecule has 1 saturated heterocycles. The van der Waals surface area contributed by atoms with Gasteiger partial charge in [-0.05, 0) is 12.8 Å². The van der Waals surface area contributed by atoms with Crippen molar-refractivity contribution in [2.75, 3.05) is 32.7 Å². The molecule has 0 aromatic heterocycles. The van der Waals surface area contributed by atoms with Gasteiger partial charge in [-0.1, -0.05) is 12.8 Å². The number of nitrogens with zero attached hydrogens (tertiary/aromatic N) is 2. The van der Waals surface area contributed by atoms with Gasteiger partial charge >= 0.3 is 5.97 Å². The Kier molecular flexibility index (Phi) is 4.76. The van der Waals surface area contributed by atoms with Crippen molar-refractivity contribution >= 4 is 11.9 Å². The van der Waals surface area contributed by atoms with Gasteiger partial charge in [0.15, 0.2) is 0 Å². The van der Waals surface area contributed by atoms with Gasteiger partial charge in [0.25, 0.3) is 0 Å². The Morgan fingerprint density at radius 2 is 1.74 bits per heavy atom. The summed E-state index contributed by atoms with van der Waals surface area (Å²) in [5.74, 6) is -0.670. The molecule has 6 nitrogen and oxygen atoms in total. The number of nitrogens with two attached hydrogens (primary N) is 1. The van der Waals surface area contributed by atoms with Crippen molar-refractivity contribution in [2.45, 2.75) is 31.7 Å². The van der Waals surface area contributed by atoms with Crippen LogP contribution in [0.4, 0.5) is 0 Å². The van der Waals surface area contributed by atoms with E-state index in [1.165, 1.54) is 0 Å². The first-order valence-corrected chi connectivity index (χ1v) is 7.06. The van der Waals surface area contributed by atoms with Gasteiger partial charge in [-0.15, -0.1) is 0 Å². The molecule has 1 heterocycles. The Balaban J connectivity index is 1.83. The smallest absolute Gasteiger partial charge is 0.317 e. The van der Waals surface area contributed by atoms with E-state index < -0.39 is 5.97 Å². The summed E-state index contributed by atoms with van der Waals surface area (Å²) in [5, 5.41) is 8.74. The molecule has 0 radical (unpaired) electrons. The molecule has 1 saturated carbocycles. The van der Waals surface area contributed by atoms with Crippen LogP contribution in [0.1, 0.15) is 25.7 Å². The number of amides is 1. The molecule has 1 aliphatic heterocycles. The third kappa shape index (κ3) is 3.67. The molecule has 2 rings (SSSR count). The maximum Gasteiger partial charge on any atom is 0.317 e. The first-order valence-electron chi connectivity index (χ1n) is 7.06. The fraction of sp³-hybridized carbons (Fsp3) is 0.846. The number of carbonyl (C=O) groups is 2. The molecular formula is C13H23N3O3. The van der Waals surface area contributed by atoms with Crippen molar-refractivity contribution in [3.05, 3.63) is 0 Å². The molecule has 0 aromatic rings. The molecule has 1 aliphatic carbocycles. The highest BCUT2D eigenvalue weighted by atomic mass is 16.4. The van der Waals surface area contributed by atoms with Gasteiger partial charge in [0.2, 0.25) is 5.91 Å². The van der Waals surface area contributed by atoms with Gasteiger partial charge in [-0.2, -0.15) is 0 Å². The number of carbonyl (C=O) groups excluding carboxylic acids is 1. The zero-order valence-corrected chi connectivity index (χ0v) is 11.3. The minimum Gasteiger partial charge on any atom is -0.480 e. The van der Waals surface area contributed by atoms with Gasteiger partial charge in [0.05, 0.1) is 12.5 Å². The molecule has 2 fully saturated rings. The molecule has 1 amide bonds. The van der Waals surface area contributed by atoms with Crippen LogP contribution in [-0.2, 0) is 9.59 Å². The second-order valence-electron chi connectivity index (χ2n) is 5.55. The standard InChI is InChI=1S/C13H23N3O3/c14-11-4-2-1-3-10(11)13(19)16-7-5-15(6-8-16)9-12(17)18/h10-11H,1-9,14H2,(H,17,18). The minimum atomic E-state index is -0.811. The fourth-order valence-electron chi connectivity index (χ4n) is 3.02. The van der Waals surface area contributed by atoms with Gasteiger partial charge in [0.1, 0.15) is 0 Å². The second kappa shape index (κ2) is 6.34. The lowest BCUT2D eigenvalue weighted by Crippen LogP contribution is -2.53. The van der Waals surface area contributed by atoms with Gasteiger partial charge in [-0.3, -0.25) is 14.5 Å². The monoisotopic (exact) mass is 269 g/mol. The maximum atomic E-state index is 12.4. The van der Waals surface area contributed by atoms with Crippen molar-refractivity contribution in [2.24, 2.45) is 11.7 Å². The number of hydrogen-bond donors (Lipinski definition) is 2. The minimum absolute atomic E-state index is 0.00157. The molecule has 0 spiro atoms. The quantitative estimate of drug-likeness (QED) is 0.736. The third-order valence-electron chi connectivity index (χ3n) is 4.18. The van der Waals surface area contributed by atoms with Crippen LogP contribution in [0.5, 0.6) is 0 Å². The van der Waals surface area contributed by atoms with Crippen molar-refractivity contribution in [1.29, 1.82) is 0 Å². The van der Waals surface area contributed by atoms with Crippen molar-refractivity contribution in [3.63, 3.8) is 0 Å². The normalized spacial score (nSPS) is 29.2. The molecule has 3 N–H and O–H groups in total. The number of piperazine rings is 1. The predicted octanol–water partition coefficient (Wildman–Crippen LogP) is -0.267. The molecule has 2 unspecified atom stereocenters. The van der Waals surface area contributed by atoms with E-state index in [4.69, 9.17) is 10.8 Å².